The molecule has 0 spiro atoms. The predicted octanol–water partition coefficient (Wildman–Crippen LogP) is 1.19. The molecule has 1 heterocycles. The average Bonchev–Trinajstić information content (AvgIpc) is 2.56. The van der Waals surface area contributed by atoms with Crippen molar-refractivity contribution in [1.29, 1.82) is 0 Å². The number of hydrogen-bond acceptors (Lipinski definition) is 3. The van der Waals surface area contributed by atoms with Crippen molar-refractivity contribution < 1.29 is 9.59 Å². The molecular weight excluding hydrogens is 216 g/mol. The van der Waals surface area contributed by atoms with Crippen LogP contribution in [-0.2, 0) is 9.59 Å². The zero-order valence-electron chi connectivity index (χ0n) is 11.5. The van der Waals surface area contributed by atoms with Crippen molar-refractivity contribution >= 4 is 11.7 Å². The molecule has 2 N–H and O–H groups in total. The number of likely N-dealkylation sites (tertiary alicyclic amines) is 1. The molecule has 0 aliphatic carbocycles. The van der Waals surface area contributed by atoms with Gasteiger partial charge in [0, 0.05) is 6.54 Å². The van der Waals surface area contributed by atoms with Gasteiger partial charge in [0.1, 0.15) is 0 Å². The van der Waals surface area contributed by atoms with Crippen LogP contribution in [0.5, 0.6) is 0 Å². The van der Waals surface area contributed by atoms with E-state index in [2.05, 4.69) is 0 Å². The van der Waals surface area contributed by atoms with Gasteiger partial charge in [-0.05, 0) is 24.7 Å². The van der Waals surface area contributed by atoms with Gasteiger partial charge in [-0.15, -0.1) is 0 Å². The first-order chi connectivity index (χ1) is 7.66. The fraction of sp³-hybridized carbons (Fsp3) is 0.846. The third kappa shape index (κ3) is 2.86. The third-order valence-corrected chi connectivity index (χ3v) is 3.60. The number of nitrogens with zero attached hydrogens (tertiary/aromatic N) is 1. The highest BCUT2D eigenvalue weighted by Crippen LogP contribution is 2.28. The fourth-order valence-electron chi connectivity index (χ4n) is 2.36. The maximum atomic E-state index is 12.3. The van der Waals surface area contributed by atoms with Crippen molar-refractivity contribution in [2.24, 2.45) is 17.1 Å². The lowest BCUT2D eigenvalue weighted by Gasteiger charge is -2.33. The van der Waals surface area contributed by atoms with Crippen LogP contribution in [0.1, 0.15) is 41.0 Å². The van der Waals surface area contributed by atoms with Crippen molar-refractivity contribution in [3.63, 3.8) is 0 Å². The Morgan fingerprint density at radius 2 is 1.88 bits per heavy atom. The largest absolute Gasteiger partial charge is 0.331 e. The van der Waals surface area contributed by atoms with E-state index in [0.717, 1.165) is 6.42 Å². The highest BCUT2D eigenvalue weighted by molar-refractivity contribution is 5.90. The Labute approximate surface area is 104 Å². The zero-order chi connectivity index (χ0) is 13.4. The van der Waals surface area contributed by atoms with Crippen LogP contribution in [0.4, 0.5) is 0 Å². The number of ketones is 1. The van der Waals surface area contributed by atoms with Crippen LogP contribution in [0.2, 0.25) is 0 Å². The van der Waals surface area contributed by atoms with Gasteiger partial charge in [-0.1, -0.05) is 27.7 Å². The first kappa shape index (κ1) is 14.2. The second-order valence-electron chi connectivity index (χ2n) is 6.20. The van der Waals surface area contributed by atoms with Crippen LogP contribution in [0.25, 0.3) is 0 Å². The number of carbonyl (C=O) groups excluding carboxylic acids is 2. The Morgan fingerprint density at radius 3 is 2.29 bits per heavy atom. The van der Waals surface area contributed by atoms with E-state index in [1.807, 2.05) is 27.7 Å². The van der Waals surface area contributed by atoms with Crippen molar-refractivity contribution in [3.8, 4) is 0 Å². The van der Waals surface area contributed by atoms with E-state index in [1.165, 1.54) is 0 Å². The summed E-state index contributed by atoms with van der Waals surface area (Å²) in [6, 6.07) is -0.828. The SMILES string of the molecule is CC(=O)C1C(C)CCN1C(=O)C(N)C(C)(C)C. The minimum atomic E-state index is -0.547. The van der Waals surface area contributed by atoms with E-state index in [9.17, 15) is 9.59 Å². The molecule has 1 fully saturated rings. The van der Waals surface area contributed by atoms with Crippen molar-refractivity contribution in [3.05, 3.63) is 0 Å². The molecule has 3 unspecified atom stereocenters. The number of carbonyl (C=O) groups is 2. The molecule has 4 nitrogen and oxygen atoms in total. The van der Waals surface area contributed by atoms with E-state index in [4.69, 9.17) is 5.73 Å². The van der Waals surface area contributed by atoms with Gasteiger partial charge < -0.3 is 10.6 Å². The molecule has 1 rings (SSSR count). The monoisotopic (exact) mass is 240 g/mol. The van der Waals surface area contributed by atoms with Crippen LogP contribution < -0.4 is 5.73 Å². The molecule has 0 saturated carbocycles. The van der Waals surface area contributed by atoms with E-state index in [1.54, 1.807) is 11.8 Å². The highest BCUT2D eigenvalue weighted by Gasteiger charge is 2.41. The lowest BCUT2D eigenvalue weighted by molar-refractivity contribution is -0.140. The second-order valence-corrected chi connectivity index (χ2v) is 6.20. The molecule has 4 heteroatoms. The van der Waals surface area contributed by atoms with Gasteiger partial charge in [0.25, 0.3) is 0 Å². The number of nitrogens with two attached hydrogens (primary N) is 1. The average molecular weight is 240 g/mol. The maximum absolute atomic E-state index is 12.3. The Bertz CT molecular complexity index is 320. The molecule has 0 aromatic rings. The van der Waals surface area contributed by atoms with Crippen molar-refractivity contribution in [2.45, 2.75) is 53.1 Å². The Kier molecular flexibility index (Phi) is 3.97. The molecule has 3 atom stereocenters. The summed E-state index contributed by atoms with van der Waals surface area (Å²) >= 11 is 0. The Balaban J connectivity index is 2.86. The zero-order valence-corrected chi connectivity index (χ0v) is 11.5. The fourth-order valence-corrected chi connectivity index (χ4v) is 2.36. The normalized spacial score (nSPS) is 27.1. The summed E-state index contributed by atoms with van der Waals surface area (Å²) in [5.41, 5.74) is 5.71. The molecule has 1 saturated heterocycles. The van der Waals surface area contributed by atoms with Gasteiger partial charge in [-0.25, -0.2) is 0 Å². The van der Waals surface area contributed by atoms with E-state index in [-0.39, 0.29) is 29.1 Å². The van der Waals surface area contributed by atoms with Gasteiger partial charge in [0.2, 0.25) is 5.91 Å². The van der Waals surface area contributed by atoms with E-state index in [0.29, 0.717) is 6.54 Å². The minimum Gasteiger partial charge on any atom is -0.331 e. The molecule has 98 valence electrons. The number of hydrogen-bond donors (Lipinski definition) is 1. The molecular formula is C13H24N2O2. The summed E-state index contributed by atoms with van der Waals surface area (Å²) in [7, 11) is 0. The minimum absolute atomic E-state index is 0.0597. The quantitative estimate of drug-likeness (QED) is 0.788. The summed E-state index contributed by atoms with van der Waals surface area (Å²) in [5.74, 6) is 0.204. The summed E-state index contributed by atoms with van der Waals surface area (Å²) in [4.78, 5) is 25.6. The lowest BCUT2D eigenvalue weighted by Crippen LogP contribution is -2.53. The topological polar surface area (TPSA) is 63.4 Å². The molecule has 1 aliphatic heterocycles. The van der Waals surface area contributed by atoms with Crippen molar-refractivity contribution in [1.82, 2.24) is 4.90 Å². The molecule has 0 aromatic carbocycles. The number of rotatable bonds is 2. The van der Waals surface area contributed by atoms with Crippen LogP contribution in [-0.4, -0.2) is 35.2 Å². The van der Waals surface area contributed by atoms with E-state index < -0.39 is 6.04 Å². The Hall–Kier alpha value is -0.900. The Morgan fingerprint density at radius 1 is 1.35 bits per heavy atom. The summed E-state index contributed by atoms with van der Waals surface area (Å²) in [5, 5.41) is 0. The second kappa shape index (κ2) is 4.77. The molecule has 1 aliphatic rings. The van der Waals surface area contributed by atoms with E-state index >= 15 is 0 Å². The molecule has 0 radical (unpaired) electrons. The summed E-state index contributed by atoms with van der Waals surface area (Å²) in [6.45, 7) is 10.0. The van der Waals surface area contributed by atoms with Gasteiger partial charge in [-0.2, -0.15) is 0 Å². The van der Waals surface area contributed by atoms with Crippen LogP contribution >= 0.6 is 0 Å². The smallest absolute Gasteiger partial charge is 0.240 e. The van der Waals surface area contributed by atoms with Gasteiger partial charge >= 0.3 is 0 Å². The number of amides is 1. The predicted molar refractivity (Wildman–Crippen MR) is 67.4 cm³/mol. The van der Waals surface area contributed by atoms with Gasteiger partial charge in [-0.3, -0.25) is 9.59 Å². The molecule has 1 amide bonds. The third-order valence-electron chi connectivity index (χ3n) is 3.60. The number of Topliss-reactive ketones (excluding diaryl/α,β-unsaturated/α-hetero) is 1. The summed E-state index contributed by atoms with van der Waals surface area (Å²) < 4.78 is 0. The van der Waals surface area contributed by atoms with Gasteiger partial charge in [0.05, 0.1) is 12.1 Å². The molecule has 0 aromatic heterocycles. The van der Waals surface area contributed by atoms with Crippen molar-refractivity contribution in [2.75, 3.05) is 6.54 Å². The lowest BCUT2D eigenvalue weighted by atomic mass is 9.86. The maximum Gasteiger partial charge on any atom is 0.240 e. The molecule has 0 bridgehead atoms. The summed E-state index contributed by atoms with van der Waals surface area (Å²) in [6.07, 6.45) is 0.882. The first-order valence-corrected chi connectivity index (χ1v) is 6.22. The van der Waals surface area contributed by atoms with Gasteiger partial charge in [0.15, 0.2) is 5.78 Å². The first-order valence-electron chi connectivity index (χ1n) is 6.22. The van der Waals surface area contributed by atoms with Crippen LogP contribution in [0.3, 0.4) is 0 Å². The molecule has 17 heavy (non-hydrogen) atoms. The highest BCUT2D eigenvalue weighted by atomic mass is 16.2. The standard InChI is InChI=1S/C13H24N2O2/c1-8-6-7-15(10(8)9(2)16)12(17)11(14)13(3,4)5/h8,10-11H,6-7,14H2,1-5H3. The van der Waals surface area contributed by atoms with Crippen LogP contribution in [0, 0.1) is 11.3 Å². The van der Waals surface area contributed by atoms with Crippen LogP contribution in [0.15, 0.2) is 0 Å².